The molecule has 5 heterocycles. The van der Waals surface area contributed by atoms with E-state index in [4.69, 9.17) is 14.3 Å². The van der Waals surface area contributed by atoms with E-state index in [9.17, 15) is 0 Å². The predicted octanol–water partition coefficient (Wildman–Crippen LogP) is 4.66. The maximum absolute atomic E-state index is 6.32. The Kier molecular flexibility index (Phi) is 5.57. The molecule has 4 aromatic heterocycles. The Hall–Kier alpha value is -3.55. The Bertz CT molecular complexity index is 1410. The maximum atomic E-state index is 6.32. The fraction of sp³-hybridized carbons (Fsp3) is 0.250. The number of piperidine rings is 1. The van der Waals surface area contributed by atoms with Gasteiger partial charge in [0.05, 0.1) is 0 Å². The molecule has 0 saturated carbocycles. The number of oxazole rings is 1. The number of aromatic nitrogens is 5. The van der Waals surface area contributed by atoms with Gasteiger partial charge in [-0.25, -0.2) is 14.4 Å². The third kappa shape index (κ3) is 3.97. The van der Waals surface area contributed by atoms with E-state index >= 15 is 0 Å². The monoisotopic (exact) mass is 473 g/mol. The van der Waals surface area contributed by atoms with E-state index in [1.807, 2.05) is 46.9 Å². The summed E-state index contributed by atoms with van der Waals surface area (Å²) in [5.41, 5.74) is 2.94. The molecule has 6 rings (SSSR count). The van der Waals surface area contributed by atoms with E-state index in [0.717, 1.165) is 54.1 Å². The number of fused-ring (bicyclic) bond motifs is 2. The molecule has 34 heavy (non-hydrogen) atoms. The fourth-order valence-electron chi connectivity index (χ4n) is 4.21. The molecule has 0 bridgehead atoms. The third-order valence-corrected chi connectivity index (χ3v) is 6.61. The highest BCUT2D eigenvalue weighted by Gasteiger charge is 2.21. The summed E-state index contributed by atoms with van der Waals surface area (Å²) in [5.74, 6) is 2.78. The Labute approximate surface area is 197 Å². The molecule has 1 fully saturated rings. The standard InChI is InChI=1S/C24H24N7O2P/c1-34-31-23-20(22(30-31)28-16-4-2-11-25-14-16)18(10-13-27-23)32-17-8-6-15(7-9-17)24-29-21-19(33-24)5-3-12-26-21/h3,5-10,12-13,16,25,34H,2,4,11,14H2,1H3,(H,28,30)/t16-/m1/s1. The highest BCUT2D eigenvalue weighted by Crippen LogP contribution is 2.37. The molecule has 1 aromatic carbocycles. The maximum Gasteiger partial charge on any atom is 0.228 e. The van der Waals surface area contributed by atoms with Gasteiger partial charge in [0, 0.05) is 45.3 Å². The Morgan fingerprint density at radius 3 is 2.85 bits per heavy atom. The van der Waals surface area contributed by atoms with Gasteiger partial charge in [-0.3, -0.25) is 0 Å². The first-order chi connectivity index (χ1) is 16.8. The molecule has 0 aliphatic carbocycles. The van der Waals surface area contributed by atoms with Crippen LogP contribution >= 0.6 is 8.73 Å². The van der Waals surface area contributed by atoms with Crippen LogP contribution in [0.5, 0.6) is 11.5 Å². The minimum Gasteiger partial charge on any atom is -0.456 e. The minimum absolute atomic E-state index is 0.332. The van der Waals surface area contributed by atoms with Crippen LogP contribution in [0, 0.1) is 0 Å². The fourth-order valence-corrected chi connectivity index (χ4v) is 4.79. The molecule has 1 saturated heterocycles. The lowest BCUT2D eigenvalue weighted by Gasteiger charge is -2.23. The summed E-state index contributed by atoms with van der Waals surface area (Å²) in [4.78, 5) is 13.3. The van der Waals surface area contributed by atoms with Gasteiger partial charge >= 0.3 is 0 Å². The number of rotatable bonds is 6. The van der Waals surface area contributed by atoms with Gasteiger partial charge in [-0.15, -0.1) is 5.10 Å². The summed E-state index contributed by atoms with van der Waals surface area (Å²) in [6, 6.07) is 13.6. The van der Waals surface area contributed by atoms with Crippen LogP contribution in [-0.2, 0) is 0 Å². The second kappa shape index (κ2) is 9.00. The van der Waals surface area contributed by atoms with Crippen LogP contribution in [0.15, 0.2) is 59.3 Å². The molecule has 1 aliphatic heterocycles. The number of ether oxygens (including phenoxy) is 1. The van der Waals surface area contributed by atoms with Crippen molar-refractivity contribution in [2.45, 2.75) is 18.9 Å². The average Bonchev–Trinajstić information content (AvgIpc) is 3.47. The van der Waals surface area contributed by atoms with Crippen molar-refractivity contribution in [2.75, 3.05) is 25.1 Å². The van der Waals surface area contributed by atoms with Crippen LogP contribution in [0.25, 0.3) is 33.7 Å². The van der Waals surface area contributed by atoms with E-state index in [2.05, 4.69) is 32.3 Å². The largest absolute Gasteiger partial charge is 0.456 e. The summed E-state index contributed by atoms with van der Waals surface area (Å²) in [7, 11) is 0.468. The molecular weight excluding hydrogens is 449 g/mol. The zero-order chi connectivity index (χ0) is 22.9. The molecule has 5 aromatic rings. The Morgan fingerprint density at radius 1 is 1.15 bits per heavy atom. The lowest BCUT2D eigenvalue weighted by Crippen LogP contribution is -2.38. The number of hydrogen-bond acceptors (Lipinski definition) is 8. The second-order valence-electron chi connectivity index (χ2n) is 8.15. The molecular formula is C24H24N7O2P. The average molecular weight is 473 g/mol. The first kappa shape index (κ1) is 21.0. The quantitative estimate of drug-likeness (QED) is 0.343. The molecule has 172 valence electrons. The van der Waals surface area contributed by atoms with Gasteiger partial charge in [-0.1, -0.05) is 0 Å². The first-order valence-corrected chi connectivity index (χ1v) is 12.8. The smallest absolute Gasteiger partial charge is 0.228 e. The molecule has 2 N–H and O–H groups in total. The highest BCUT2D eigenvalue weighted by molar-refractivity contribution is 7.35. The molecule has 10 heteroatoms. The number of benzene rings is 1. The zero-order valence-corrected chi connectivity index (χ0v) is 19.7. The Morgan fingerprint density at radius 2 is 2.06 bits per heavy atom. The second-order valence-corrected chi connectivity index (χ2v) is 9.02. The van der Waals surface area contributed by atoms with Crippen molar-refractivity contribution >= 4 is 36.8 Å². The SMILES string of the molecule is CPn1nc(N[C@@H]2CCCNC2)c2c(Oc3ccc(-c4nc5ncccc5o4)cc3)ccnc21. The lowest BCUT2D eigenvalue weighted by molar-refractivity contribution is 0.478. The van der Waals surface area contributed by atoms with E-state index in [0.29, 0.717) is 37.6 Å². The van der Waals surface area contributed by atoms with Crippen molar-refractivity contribution in [1.82, 2.24) is 29.8 Å². The first-order valence-electron chi connectivity index (χ1n) is 11.3. The number of anilines is 1. The van der Waals surface area contributed by atoms with E-state index in [1.165, 1.54) is 0 Å². The number of nitrogens with zero attached hydrogens (tertiary/aromatic N) is 5. The molecule has 1 unspecified atom stereocenters. The number of nitrogens with one attached hydrogen (secondary N) is 2. The predicted molar refractivity (Wildman–Crippen MR) is 134 cm³/mol. The van der Waals surface area contributed by atoms with Crippen LogP contribution in [0.2, 0.25) is 0 Å². The van der Waals surface area contributed by atoms with Crippen LogP contribution in [0.1, 0.15) is 12.8 Å². The van der Waals surface area contributed by atoms with Gasteiger partial charge in [0.1, 0.15) is 16.9 Å². The molecule has 0 spiro atoms. The molecule has 0 radical (unpaired) electrons. The molecule has 9 nitrogen and oxygen atoms in total. The normalized spacial score (nSPS) is 16.6. The van der Waals surface area contributed by atoms with Crippen LogP contribution in [0.4, 0.5) is 5.82 Å². The van der Waals surface area contributed by atoms with Crippen molar-refractivity contribution in [3.8, 4) is 23.0 Å². The lowest BCUT2D eigenvalue weighted by atomic mass is 10.1. The van der Waals surface area contributed by atoms with Gasteiger partial charge in [-0.05, 0) is 62.4 Å². The van der Waals surface area contributed by atoms with E-state index < -0.39 is 0 Å². The Balaban J connectivity index is 1.30. The van der Waals surface area contributed by atoms with Crippen molar-refractivity contribution in [3.05, 3.63) is 54.9 Å². The number of hydrogen-bond donors (Lipinski definition) is 2. The summed E-state index contributed by atoms with van der Waals surface area (Å²) in [6.45, 7) is 4.08. The van der Waals surface area contributed by atoms with Gasteiger partial charge < -0.3 is 19.8 Å². The van der Waals surface area contributed by atoms with Crippen LogP contribution in [-0.4, -0.2) is 50.3 Å². The molecule has 2 atom stereocenters. The highest BCUT2D eigenvalue weighted by atomic mass is 31.1. The van der Waals surface area contributed by atoms with Gasteiger partial charge in [0.2, 0.25) is 5.89 Å². The van der Waals surface area contributed by atoms with Crippen molar-refractivity contribution in [2.24, 2.45) is 0 Å². The zero-order valence-electron chi connectivity index (χ0n) is 18.7. The summed E-state index contributed by atoms with van der Waals surface area (Å²) < 4.78 is 14.1. The summed E-state index contributed by atoms with van der Waals surface area (Å²) in [6.07, 6.45) is 5.73. The third-order valence-electron chi connectivity index (χ3n) is 5.87. The van der Waals surface area contributed by atoms with Crippen molar-refractivity contribution < 1.29 is 9.15 Å². The summed E-state index contributed by atoms with van der Waals surface area (Å²) in [5, 5.41) is 12.8. The topological polar surface area (TPSA) is 103 Å². The summed E-state index contributed by atoms with van der Waals surface area (Å²) >= 11 is 0. The molecule has 1 aliphatic rings. The van der Waals surface area contributed by atoms with Gasteiger partial charge in [0.25, 0.3) is 0 Å². The van der Waals surface area contributed by atoms with Crippen molar-refractivity contribution in [1.29, 1.82) is 0 Å². The van der Waals surface area contributed by atoms with Gasteiger partial charge in [0.15, 0.2) is 22.7 Å². The molecule has 0 amide bonds. The number of pyridine rings is 2. The van der Waals surface area contributed by atoms with Crippen LogP contribution in [0.3, 0.4) is 0 Å². The van der Waals surface area contributed by atoms with E-state index in [-0.39, 0.29) is 0 Å². The minimum atomic E-state index is 0.332. The van der Waals surface area contributed by atoms with E-state index in [1.54, 1.807) is 12.4 Å². The van der Waals surface area contributed by atoms with Crippen LogP contribution < -0.4 is 15.4 Å². The van der Waals surface area contributed by atoms with Gasteiger partial charge in [-0.2, -0.15) is 4.98 Å². The van der Waals surface area contributed by atoms with Crippen molar-refractivity contribution in [3.63, 3.8) is 0 Å².